The highest BCUT2D eigenvalue weighted by Crippen LogP contribution is 2.23. The van der Waals surface area contributed by atoms with E-state index in [0.29, 0.717) is 0 Å². The molecule has 0 spiro atoms. The molecule has 7 heteroatoms. The summed E-state index contributed by atoms with van der Waals surface area (Å²) in [6.07, 6.45) is -2.94. The number of aromatic nitrogens is 3. The number of nitrogens with zero attached hydrogens (tertiary/aromatic N) is 3. The van der Waals surface area contributed by atoms with Crippen LogP contribution in [0.2, 0.25) is 0 Å². The molecule has 0 radical (unpaired) electrons. The number of aryl methyl sites for hydroxylation is 2. The van der Waals surface area contributed by atoms with Crippen molar-refractivity contribution >= 4 is 5.97 Å². The summed E-state index contributed by atoms with van der Waals surface area (Å²) >= 11 is 0. The van der Waals surface area contributed by atoms with Crippen molar-refractivity contribution in [3.05, 3.63) is 46.3 Å². The fourth-order valence-electron chi connectivity index (χ4n) is 1.94. The van der Waals surface area contributed by atoms with E-state index >= 15 is 0 Å². The zero-order valence-electron chi connectivity index (χ0n) is 11.0. The quantitative estimate of drug-likeness (QED) is 0.935. The van der Waals surface area contributed by atoms with E-state index in [2.05, 4.69) is 10.3 Å². The Morgan fingerprint density at radius 2 is 2.10 bits per heavy atom. The molecule has 1 aromatic carbocycles. The molecule has 1 N–H and O–H groups in total. The lowest BCUT2D eigenvalue weighted by Crippen LogP contribution is -2.10. The number of carboxylic acids is 1. The maximum Gasteiger partial charge on any atom is 0.358 e. The van der Waals surface area contributed by atoms with E-state index in [0.717, 1.165) is 21.4 Å². The fraction of sp³-hybridized carbons (Fsp3) is 0.308. The molecule has 0 fully saturated rings. The third-order valence-electron chi connectivity index (χ3n) is 3.01. The van der Waals surface area contributed by atoms with Crippen LogP contribution in [0.15, 0.2) is 18.2 Å². The summed E-state index contributed by atoms with van der Waals surface area (Å²) in [4.78, 5) is 10.9. The van der Waals surface area contributed by atoms with E-state index in [1.165, 1.54) is 0 Å². The summed E-state index contributed by atoms with van der Waals surface area (Å²) in [5.74, 6) is -1.51. The Bertz CT molecular complexity index is 653. The van der Waals surface area contributed by atoms with Gasteiger partial charge in [-0.15, -0.1) is 5.10 Å². The summed E-state index contributed by atoms with van der Waals surface area (Å²) in [5.41, 5.74) is 1.34. The average Bonchev–Trinajstić information content (AvgIpc) is 2.78. The Balaban J connectivity index is 2.43. The number of hydrogen-bond donors (Lipinski definition) is 1. The molecule has 0 amide bonds. The monoisotopic (exact) mass is 281 g/mol. The Morgan fingerprint density at radius 1 is 1.40 bits per heavy atom. The SMILES string of the molecule is Cc1ccc(C)c(Cn2nnc(C(=O)O)c2C(F)F)c1. The van der Waals surface area contributed by atoms with Crippen LogP contribution in [0.3, 0.4) is 0 Å². The van der Waals surface area contributed by atoms with Gasteiger partial charge in [-0.05, 0) is 25.0 Å². The van der Waals surface area contributed by atoms with Gasteiger partial charge in [0, 0.05) is 0 Å². The molecule has 1 heterocycles. The van der Waals surface area contributed by atoms with Gasteiger partial charge in [-0.2, -0.15) is 0 Å². The summed E-state index contributed by atoms with van der Waals surface area (Å²) in [7, 11) is 0. The van der Waals surface area contributed by atoms with Gasteiger partial charge in [-0.3, -0.25) is 0 Å². The van der Waals surface area contributed by atoms with Gasteiger partial charge in [0.25, 0.3) is 6.43 Å². The topological polar surface area (TPSA) is 68.0 Å². The molecule has 1 aromatic heterocycles. The first-order valence-electron chi connectivity index (χ1n) is 5.91. The number of aromatic carboxylic acids is 1. The van der Waals surface area contributed by atoms with Crippen LogP contribution in [0.4, 0.5) is 8.78 Å². The lowest BCUT2D eigenvalue weighted by atomic mass is 10.1. The zero-order valence-corrected chi connectivity index (χ0v) is 11.0. The van der Waals surface area contributed by atoms with Crippen LogP contribution in [0.5, 0.6) is 0 Å². The van der Waals surface area contributed by atoms with Gasteiger partial charge in [-0.25, -0.2) is 18.3 Å². The Labute approximate surface area is 113 Å². The molecular weight excluding hydrogens is 268 g/mol. The number of carboxylic acid groups (broad SMARTS) is 1. The first-order valence-corrected chi connectivity index (χ1v) is 5.91. The molecule has 0 saturated carbocycles. The van der Waals surface area contributed by atoms with Gasteiger partial charge in [-0.1, -0.05) is 29.0 Å². The van der Waals surface area contributed by atoms with E-state index in [9.17, 15) is 13.6 Å². The summed E-state index contributed by atoms with van der Waals surface area (Å²) in [6, 6.07) is 5.64. The molecular formula is C13H13F2N3O2. The zero-order chi connectivity index (χ0) is 14.9. The molecule has 0 aliphatic rings. The minimum absolute atomic E-state index is 0.0630. The first-order chi connectivity index (χ1) is 9.40. The van der Waals surface area contributed by atoms with Crippen LogP contribution in [0, 0.1) is 13.8 Å². The Hall–Kier alpha value is -2.31. The van der Waals surface area contributed by atoms with E-state index in [1.54, 1.807) is 0 Å². The van der Waals surface area contributed by atoms with Crippen molar-refractivity contribution < 1.29 is 18.7 Å². The van der Waals surface area contributed by atoms with Crippen molar-refractivity contribution in [3.63, 3.8) is 0 Å². The second kappa shape index (κ2) is 5.36. The van der Waals surface area contributed by atoms with E-state index in [1.807, 2.05) is 32.0 Å². The van der Waals surface area contributed by atoms with Crippen LogP contribution >= 0.6 is 0 Å². The second-order valence-corrected chi connectivity index (χ2v) is 4.52. The van der Waals surface area contributed by atoms with Crippen molar-refractivity contribution in [1.82, 2.24) is 15.0 Å². The van der Waals surface area contributed by atoms with Gasteiger partial charge in [0.15, 0.2) is 5.69 Å². The number of benzene rings is 1. The Morgan fingerprint density at radius 3 is 2.70 bits per heavy atom. The minimum atomic E-state index is -2.94. The minimum Gasteiger partial charge on any atom is -0.476 e. The third-order valence-corrected chi connectivity index (χ3v) is 3.01. The largest absolute Gasteiger partial charge is 0.476 e. The lowest BCUT2D eigenvalue weighted by Gasteiger charge is -2.09. The molecule has 0 atom stereocenters. The molecule has 0 aliphatic heterocycles. The molecule has 0 unspecified atom stereocenters. The van der Waals surface area contributed by atoms with Crippen LogP contribution in [-0.2, 0) is 6.54 Å². The van der Waals surface area contributed by atoms with E-state index < -0.39 is 23.8 Å². The van der Waals surface area contributed by atoms with Crippen molar-refractivity contribution in [2.45, 2.75) is 26.8 Å². The molecule has 5 nitrogen and oxygen atoms in total. The average molecular weight is 281 g/mol. The maximum atomic E-state index is 13.0. The highest BCUT2D eigenvalue weighted by Gasteiger charge is 2.26. The van der Waals surface area contributed by atoms with Crippen LogP contribution in [-0.4, -0.2) is 26.1 Å². The highest BCUT2D eigenvalue weighted by molar-refractivity contribution is 5.86. The molecule has 2 aromatic rings. The van der Waals surface area contributed by atoms with Crippen molar-refractivity contribution in [3.8, 4) is 0 Å². The molecule has 0 bridgehead atoms. The van der Waals surface area contributed by atoms with Gasteiger partial charge < -0.3 is 5.11 Å². The first kappa shape index (κ1) is 14.1. The van der Waals surface area contributed by atoms with Crippen molar-refractivity contribution in [2.75, 3.05) is 0 Å². The van der Waals surface area contributed by atoms with Crippen molar-refractivity contribution in [1.29, 1.82) is 0 Å². The molecule has 2 rings (SSSR count). The van der Waals surface area contributed by atoms with E-state index in [-0.39, 0.29) is 6.54 Å². The number of alkyl halides is 2. The van der Waals surface area contributed by atoms with Gasteiger partial charge in [0.2, 0.25) is 0 Å². The van der Waals surface area contributed by atoms with Gasteiger partial charge in [0.05, 0.1) is 6.54 Å². The number of halogens is 2. The molecule has 20 heavy (non-hydrogen) atoms. The van der Waals surface area contributed by atoms with Gasteiger partial charge >= 0.3 is 5.97 Å². The fourth-order valence-corrected chi connectivity index (χ4v) is 1.94. The van der Waals surface area contributed by atoms with Crippen LogP contribution < -0.4 is 0 Å². The molecule has 0 saturated heterocycles. The highest BCUT2D eigenvalue weighted by atomic mass is 19.3. The third kappa shape index (κ3) is 2.66. The predicted octanol–water partition coefficient (Wildman–Crippen LogP) is 2.58. The van der Waals surface area contributed by atoms with Crippen LogP contribution in [0.25, 0.3) is 0 Å². The lowest BCUT2D eigenvalue weighted by molar-refractivity contribution is 0.0675. The van der Waals surface area contributed by atoms with Crippen molar-refractivity contribution in [2.24, 2.45) is 0 Å². The Kier molecular flexibility index (Phi) is 3.78. The second-order valence-electron chi connectivity index (χ2n) is 4.52. The van der Waals surface area contributed by atoms with Gasteiger partial charge in [0.1, 0.15) is 5.69 Å². The summed E-state index contributed by atoms with van der Waals surface area (Å²) in [6.45, 7) is 3.81. The standard InChI is InChI=1S/C13H13F2N3O2/c1-7-3-4-8(2)9(5-7)6-18-11(12(14)15)10(13(19)20)16-17-18/h3-5,12H,6H2,1-2H3,(H,19,20). The predicted molar refractivity (Wildman–Crippen MR) is 67.0 cm³/mol. The smallest absolute Gasteiger partial charge is 0.358 e. The number of carbonyl (C=O) groups is 1. The normalized spacial score (nSPS) is 11.1. The number of hydrogen-bond acceptors (Lipinski definition) is 3. The summed E-state index contributed by atoms with van der Waals surface area (Å²) in [5, 5.41) is 15.7. The molecule has 106 valence electrons. The maximum absolute atomic E-state index is 13.0. The van der Waals surface area contributed by atoms with E-state index in [4.69, 9.17) is 5.11 Å². The van der Waals surface area contributed by atoms with Crippen LogP contribution in [0.1, 0.15) is 39.3 Å². The summed E-state index contributed by atoms with van der Waals surface area (Å²) < 4.78 is 26.9. The molecule has 0 aliphatic carbocycles. The number of rotatable bonds is 4.